The summed E-state index contributed by atoms with van der Waals surface area (Å²) in [5, 5.41) is 3.36. The van der Waals surface area contributed by atoms with Crippen molar-refractivity contribution in [2.24, 2.45) is 4.99 Å². The van der Waals surface area contributed by atoms with Crippen LogP contribution in [0.25, 0.3) is 0 Å². The summed E-state index contributed by atoms with van der Waals surface area (Å²) in [7, 11) is 2.06. The lowest BCUT2D eigenvalue weighted by molar-refractivity contribution is 0.340. The Kier molecular flexibility index (Phi) is 10.7. The van der Waals surface area contributed by atoms with E-state index in [-0.39, 0.29) is 24.0 Å². The SMILES string of the molecule is CCNC(=NCCc1cccnc1)N(C)Cc1ccc(OCC)cc1.I. The van der Waals surface area contributed by atoms with Crippen LogP contribution in [0, 0.1) is 0 Å². The number of guanidine groups is 1. The molecule has 1 aromatic heterocycles. The number of aliphatic imine (C=N–C) groups is 1. The molecule has 26 heavy (non-hydrogen) atoms. The summed E-state index contributed by atoms with van der Waals surface area (Å²) in [5.41, 5.74) is 2.43. The number of hydrogen-bond acceptors (Lipinski definition) is 3. The lowest BCUT2D eigenvalue weighted by Crippen LogP contribution is -2.38. The van der Waals surface area contributed by atoms with Crippen LogP contribution in [0.15, 0.2) is 53.8 Å². The van der Waals surface area contributed by atoms with Gasteiger partial charge in [0.15, 0.2) is 5.96 Å². The third kappa shape index (κ3) is 7.59. The second kappa shape index (κ2) is 12.5. The Morgan fingerprint density at radius 3 is 2.54 bits per heavy atom. The number of rotatable bonds is 8. The second-order valence-electron chi connectivity index (χ2n) is 5.78. The number of nitrogens with zero attached hydrogens (tertiary/aromatic N) is 3. The summed E-state index contributed by atoms with van der Waals surface area (Å²) in [6.45, 7) is 7.15. The van der Waals surface area contributed by atoms with Gasteiger partial charge in [-0.15, -0.1) is 24.0 Å². The van der Waals surface area contributed by atoms with Crippen molar-refractivity contribution in [3.63, 3.8) is 0 Å². The Morgan fingerprint density at radius 2 is 1.92 bits per heavy atom. The molecule has 142 valence electrons. The number of nitrogens with one attached hydrogen (secondary N) is 1. The van der Waals surface area contributed by atoms with E-state index in [0.29, 0.717) is 6.61 Å². The first kappa shape index (κ1) is 22.2. The molecule has 0 radical (unpaired) electrons. The minimum atomic E-state index is 0. The van der Waals surface area contributed by atoms with Crippen LogP contribution in [-0.2, 0) is 13.0 Å². The maximum atomic E-state index is 5.49. The van der Waals surface area contributed by atoms with E-state index in [0.717, 1.165) is 37.8 Å². The molecule has 0 spiro atoms. The van der Waals surface area contributed by atoms with E-state index in [1.807, 2.05) is 31.3 Å². The highest BCUT2D eigenvalue weighted by atomic mass is 127. The summed E-state index contributed by atoms with van der Waals surface area (Å²) < 4.78 is 5.49. The van der Waals surface area contributed by atoms with Crippen molar-refractivity contribution < 1.29 is 4.74 Å². The molecule has 0 saturated carbocycles. The number of hydrogen-bond donors (Lipinski definition) is 1. The van der Waals surface area contributed by atoms with Gasteiger partial charge in [-0.1, -0.05) is 18.2 Å². The average molecular weight is 468 g/mol. The van der Waals surface area contributed by atoms with Gasteiger partial charge in [-0.2, -0.15) is 0 Å². The van der Waals surface area contributed by atoms with Crippen LogP contribution in [-0.4, -0.2) is 42.6 Å². The third-order valence-corrected chi connectivity index (χ3v) is 3.74. The molecule has 5 nitrogen and oxygen atoms in total. The second-order valence-corrected chi connectivity index (χ2v) is 5.78. The molecule has 6 heteroatoms. The normalized spacial score (nSPS) is 10.8. The fourth-order valence-corrected chi connectivity index (χ4v) is 2.51. The van der Waals surface area contributed by atoms with Gasteiger partial charge in [0, 0.05) is 39.1 Å². The first-order valence-corrected chi connectivity index (χ1v) is 8.83. The van der Waals surface area contributed by atoms with Gasteiger partial charge in [0.25, 0.3) is 0 Å². The van der Waals surface area contributed by atoms with Crippen molar-refractivity contribution in [3.05, 3.63) is 59.9 Å². The Morgan fingerprint density at radius 1 is 1.15 bits per heavy atom. The Balaban J connectivity index is 0.00000338. The van der Waals surface area contributed by atoms with Gasteiger partial charge < -0.3 is 15.0 Å². The van der Waals surface area contributed by atoms with Crippen LogP contribution < -0.4 is 10.1 Å². The predicted molar refractivity (Wildman–Crippen MR) is 118 cm³/mol. The molecule has 1 heterocycles. The quantitative estimate of drug-likeness (QED) is 0.365. The maximum absolute atomic E-state index is 5.49. The highest BCUT2D eigenvalue weighted by molar-refractivity contribution is 14.0. The lowest BCUT2D eigenvalue weighted by atomic mass is 10.2. The summed E-state index contributed by atoms with van der Waals surface area (Å²) in [6, 6.07) is 12.3. The van der Waals surface area contributed by atoms with Gasteiger partial charge in [-0.25, -0.2) is 0 Å². The van der Waals surface area contributed by atoms with Crippen LogP contribution in [0.1, 0.15) is 25.0 Å². The largest absolute Gasteiger partial charge is 0.494 e. The first-order valence-electron chi connectivity index (χ1n) is 8.83. The maximum Gasteiger partial charge on any atom is 0.193 e. The molecular weight excluding hydrogens is 439 g/mol. The first-order chi connectivity index (χ1) is 12.2. The summed E-state index contributed by atoms with van der Waals surface area (Å²) in [6.07, 6.45) is 4.58. The van der Waals surface area contributed by atoms with Gasteiger partial charge in [-0.05, 0) is 49.6 Å². The van der Waals surface area contributed by atoms with Gasteiger partial charge in [0.1, 0.15) is 5.75 Å². The molecule has 2 aromatic rings. The molecule has 1 N–H and O–H groups in total. The van der Waals surface area contributed by atoms with E-state index < -0.39 is 0 Å². The van der Waals surface area contributed by atoms with Crippen LogP contribution in [0.2, 0.25) is 0 Å². The standard InChI is InChI=1S/C20H28N4O.HI/c1-4-22-20(23-14-12-17-7-6-13-21-15-17)24(3)16-18-8-10-19(11-9-18)25-5-2;/h6-11,13,15H,4-5,12,14,16H2,1-3H3,(H,22,23);1H. The highest BCUT2D eigenvalue weighted by Gasteiger charge is 2.06. The Labute approximate surface area is 173 Å². The average Bonchev–Trinajstić information content (AvgIpc) is 2.64. The molecule has 0 unspecified atom stereocenters. The monoisotopic (exact) mass is 468 g/mol. The van der Waals surface area contributed by atoms with E-state index in [9.17, 15) is 0 Å². The molecule has 0 amide bonds. The van der Waals surface area contributed by atoms with Crippen LogP contribution in [0.5, 0.6) is 5.75 Å². The summed E-state index contributed by atoms with van der Waals surface area (Å²) in [4.78, 5) is 11.0. The van der Waals surface area contributed by atoms with Crippen LogP contribution in [0.3, 0.4) is 0 Å². The fraction of sp³-hybridized carbons (Fsp3) is 0.400. The van der Waals surface area contributed by atoms with Gasteiger partial charge in [0.2, 0.25) is 0 Å². The number of ether oxygens (including phenoxy) is 1. The van der Waals surface area contributed by atoms with Crippen molar-refractivity contribution >= 4 is 29.9 Å². The minimum absolute atomic E-state index is 0. The number of pyridine rings is 1. The molecule has 1 aromatic carbocycles. The zero-order chi connectivity index (χ0) is 17.9. The number of benzene rings is 1. The number of halogens is 1. The van der Waals surface area contributed by atoms with Crippen molar-refractivity contribution in [2.45, 2.75) is 26.8 Å². The van der Waals surface area contributed by atoms with Gasteiger partial charge >= 0.3 is 0 Å². The fourth-order valence-electron chi connectivity index (χ4n) is 2.51. The van der Waals surface area contributed by atoms with Crippen molar-refractivity contribution in [1.29, 1.82) is 0 Å². The predicted octanol–water partition coefficient (Wildman–Crippen LogP) is 3.74. The molecular formula is C20H29IN4O. The van der Waals surface area contributed by atoms with E-state index in [4.69, 9.17) is 9.73 Å². The summed E-state index contributed by atoms with van der Waals surface area (Å²) >= 11 is 0. The smallest absolute Gasteiger partial charge is 0.193 e. The molecule has 0 atom stereocenters. The van der Waals surface area contributed by atoms with Crippen molar-refractivity contribution in [1.82, 2.24) is 15.2 Å². The zero-order valence-corrected chi connectivity index (χ0v) is 18.1. The molecule has 0 fully saturated rings. The zero-order valence-electron chi connectivity index (χ0n) is 15.8. The van der Waals surface area contributed by atoms with Crippen molar-refractivity contribution in [2.75, 3.05) is 26.7 Å². The Bertz CT molecular complexity index is 647. The topological polar surface area (TPSA) is 49.8 Å². The van der Waals surface area contributed by atoms with E-state index in [1.165, 1.54) is 11.1 Å². The van der Waals surface area contributed by atoms with Gasteiger partial charge in [0.05, 0.1) is 6.61 Å². The molecule has 0 aliphatic heterocycles. The van der Waals surface area contributed by atoms with E-state index >= 15 is 0 Å². The summed E-state index contributed by atoms with van der Waals surface area (Å²) in [5.74, 6) is 1.83. The molecule has 0 saturated heterocycles. The lowest BCUT2D eigenvalue weighted by Gasteiger charge is -2.22. The Hall–Kier alpha value is -1.83. The molecule has 0 bridgehead atoms. The third-order valence-electron chi connectivity index (χ3n) is 3.74. The highest BCUT2D eigenvalue weighted by Crippen LogP contribution is 2.13. The van der Waals surface area contributed by atoms with Crippen molar-refractivity contribution in [3.8, 4) is 5.75 Å². The molecule has 0 aliphatic carbocycles. The minimum Gasteiger partial charge on any atom is -0.494 e. The van der Waals surface area contributed by atoms with Crippen LogP contribution in [0.4, 0.5) is 0 Å². The van der Waals surface area contributed by atoms with E-state index in [1.54, 1.807) is 6.20 Å². The van der Waals surface area contributed by atoms with E-state index in [2.05, 4.69) is 47.4 Å². The molecule has 0 aliphatic rings. The van der Waals surface area contributed by atoms with Gasteiger partial charge in [-0.3, -0.25) is 9.98 Å². The van der Waals surface area contributed by atoms with Crippen LogP contribution >= 0.6 is 24.0 Å². The molecule has 2 rings (SSSR count). The number of aromatic nitrogens is 1.